The predicted molar refractivity (Wildman–Crippen MR) is 72.0 cm³/mol. The van der Waals surface area contributed by atoms with E-state index in [1.807, 2.05) is 0 Å². The van der Waals surface area contributed by atoms with Crippen LogP contribution in [0.2, 0.25) is 0 Å². The van der Waals surface area contributed by atoms with Crippen LogP contribution < -0.4 is 4.90 Å². The van der Waals surface area contributed by atoms with Crippen LogP contribution in [-0.4, -0.2) is 17.7 Å². The van der Waals surface area contributed by atoms with E-state index in [2.05, 4.69) is 59.1 Å². The summed E-state index contributed by atoms with van der Waals surface area (Å²) in [7, 11) is 0. The Hall–Kier alpha value is -1.70. The van der Waals surface area contributed by atoms with Gasteiger partial charge in [0.1, 0.15) is 0 Å². The third-order valence-electron chi connectivity index (χ3n) is 3.45. The monoisotopic (exact) mass is 226 g/mol. The van der Waals surface area contributed by atoms with Crippen molar-refractivity contribution in [3.05, 3.63) is 48.3 Å². The topological polar surface area (TPSA) is 8.17 Å². The fourth-order valence-electron chi connectivity index (χ4n) is 2.50. The molecule has 1 aliphatic rings. The molecule has 2 nitrogen and oxygen atoms in total. The highest BCUT2D eigenvalue weighted by atomic mass is 15.2. The molecule has 0 spiro atoms. The summed E-state index contributed by atoms with van der Waals surface area (Å²) in [5.41, 5.74) is 3.90. The summed E-state index contributed by atoms with van der Waals surface area (Å²) in [5.74, 6) is 0. The minimum absolute atomic E-state index is 1.21. The Balaban J connectivity index is 1.89. The molecule has 17 heavy (non-hydrogen) atoms. The third kappa shape index (κ3) is 2.07. The maximum atomic E-state index is 2.46. The van der Waals surface area contributed by atoms with Crippen LogP contribution >= 0.6 is 0 Å². The number of aromatic nitrogens is 1. The van der Waals surface area contributed by atoms with Gasteiger partial charge in [-0.15, -0.1) is 0 Å². The zero-order chi connectivity index (χ0) is 11.7. The van der Waals surface area contributed by atoms with E-state index in [0.29, 0.717) is 0 Å². The van der Waals surface area contributed by atoms with Crippen LogP contribution in [0.3, 0.4) is 0 Å². The second-order valence-electron chi connectivity index (χ2n) is 4.81. The van der Waals surface area contributed by atoms with Gasteiger partial charge >= 0.3 is 0 Å². The Morgan fingerprint density at radius 3 is 2.59 bits per heavy atom. The maximum Gasteiger partial charge on any atom is 0.0550 e. The van der Waals surface area contributed by atoms with Gasteiger partial charge in [0.15, 0.2) is 0 Å². The number of hydrogen-bond acceptors (Lipinski definition) is 1. The first-order chi connectivity index (χ1) is 8.33. The van der Waals surface area contributed by atoms with Crippen molar-refractivity contribution < 1.29 is 0 Å². The summed E-state index contributed by atoms with van der Waals surface area (Å²) in [6, 6.07) is 10.8. The molecule has 0 bridgehead atoms. The Labute approximate surface area is 102 Å². The van der Waals surface area contributed by atoms with Gasteiger partial charge in [-0.3, -0.25) is 0 Å². The Kier molecular flexibility index (Phi) is 2.63. The van der Waals surface area contributed by atoms with Crippen molar-refractivity contribution >= 4 is 5.69 Å². The van der Waals surface area contributed by atoms with Crippen LogP contribution in [0, 0.1) is 6.92 Å². The van der Waals surface area contributed by atoms with E-state index in [0.717, 1.165) is 0 Å². The van der Waals surface area contributed by atoms with Crippen LogP contribution in [0.25, 0.3) is 5.69 Å². The number of benzene rings is 1. The van der Waals surface area contributed by atoms with E-state index < -0.39 is 0 Å². The molecule has 0 aliphatic carbocycles. The van der Waals surface area contributed by atoms with E-state index >= 15 is 0 Å². The molecule has 0 N–H and O–H groups in total. The summed E-state index contributed by atoms with van der Waals surface area (Å²) < 4.78 is 2.21. The van der Waals surface area contributed by atoms with Crippen molar-refractivity contribution in [2.45, 2.75) is 19.8 Å². The molecule has 1 aromatic carbocycles. The highest BCUT2D eigenvalue weighted by Crippen LogP contribution is 2.22. The SMILES string of the molecule is Cc1cccc(-n2ccc(N3CCCC3)c2)c1. The molecule has 1 saturated heterocycles. The molecule has 0 unspecified atom stereocenters. The van der Waals surface area contributed by atoms with Gasteiger partial charge in [0.2, 0.25) is 0 Å². The van der Waals surface area contributed by atoms with Crippen LogP contribution in [0.4, 0.5) is 5.69 Å². The molecule has 1 fully saturated rings. The molecule has 0 amide bonds. The van der Waals surface area contributed by atoms with Gasteiger partial charge in [-0.1, -0.05) is 12.1 Å². The Morgan fingerprint density at radius 1 is 1.00 bits per heavy atom. The third-order valence-corrected chi connectivity index (χ3v) is 3.45. The number of aryl methyl sites for hydroxylation is 1. The largest absolute Gasteiger partial charge is 0.370 e. The number of hydrogen-bond donors (Lipinski definition) is 0. The molecule has 0 atom stereocenters. The van der Waals surface area contributed by atoms with Gasteiger partial charge in [0, 0.05) is 31.2 Å². The smallest absolute Gasteiger partial charge is 0.0550 e. The first kappa shape index (κ1) is 10.5. The van der Waals surface area contributed by atoms with Crippen LogP contribution in [0.5, 0.6) is 0 Å². The number of nitrogens with zero attached hydrogens (tertiary/aromatic N) is 2. The molecular formula is C15H18N2. The molecule has 3 rings (SSSR count). The average Bonchev–Trinajstić information content (AvgIpc) is 3.00. The second kappa shape index (κ2) is 4.28. The number of anilines is 1. The molecule has 88 valence electrons. The second-order valence-corrected chi connectivity index (χ2v) is 4.81. The van der Waals surface area contributed by atoms with Gasteiger partial charge in [-0.05, 0) is 43.5 Å². The van der Waals surface area contributed by atoms with E-state index in [4.69, 9.17) is 0 Å². The lowest BCUT2D eigenvalue weighted by Gasteiger charge is -2.14. The normalized spacial score (nSPS) is 15.5. The molecule has 1 aromatic heterocycles. The lowest BCUT2D eigenvalue weighted by atomic mass is 10.2. The van der Waals surface area contributed by atoms with Crippen molar-refractivity contribution in [3.8, 4) is 5.69 Å². The highest BCUT2D eigenvalue weighted by Gasteiger charge is 2.13. The van der Waals surface area contributed by atoms with Crippen molar-refractivity contribution in [2.24, 2.45) is 0 Å². The number of rotatable bonds is 2. The van der Waals surface area contributed by atoms with Gasteiger partial charge in [0.25, 0.3) is 0 Å². The molecule has 2 heteroatoms. The van der Waals surface area contributed by atoms with Gasteiger partial charge in [0.05, 0.1) is 5.69 Å². The quantitative estimate of drug-likeness (QED) is 0.762. The lowest BCUT2D eigenvalue weighted by molar-refractivity contribution is 0.949. The van der Waals surface area contributed by atoms with E-state index in [1.165, 1.54) is 42.9 Å². The molecule has 2 heterocycles. The molecule has 1 aliphatic heterocycles. The summed E-state index contributed by atoms with van der Waals surface area (Å²) in [5, 5.41) is 0. The standard InChI is InChI=1S/C15H18N2/c1-13-5-4-6-14(11-13)17-10-7-15(12-17)16-8-2-3-9-16/h4-7,10-12H,2-3,8-9H2,1H3. The molecule has 0 saturated carbocycles. The van der Waals surface area contributed by atoms with Gasteiger partial charge < -0.3 is 9.47 Å². The minimum Gasteiger partial charge on any atom is -0.370 e. The fourth-order valence-corrected chi connectivity index (χ4v) is 2.50. The van der Waals surface area contributed by atoms with Crippen molar-refractivity contribution in [2.75, 3.05) is 18.0 Å². The van der Waals surface area contributed by atoms with Crippen molar-refractivity contribution in [1.29, 1.82) is 0 Å². The summed E-state index contributed by atoms with van der Waals surface area (Å²) in [4.78, 5) is 2.46. The average molecular weight is 226 g/mol. The van der Waals surface area contributed by atoms with E-state index in [1.54, 1.807) is 0 Å². The Morgan fingerprint density at radius 2 is 1.82 bits per heavy atom. The minimum atomic E-state index is 1.21. The van der Waals surface area contributed by atoms with Gasteiger partial charge in [-0.25, -0.2) is 0 Å². The summed E-state index contributed by atoms with van der Waals surface area (Å²) in [6.07, 6.45) is 7.05. The van der Waals surface area contributed by atoms with Crippen LogP contribution in [0.1, 0.15) is 18.4 Å². The van der Waals surface area contributed by atoms with E-state index in [9.17, 15) is 0 Å². The van der Waals surface area contributed by atoms with Crippen LogP contribution in [-0.2, 0) is 0 Å². The molecular weight excluding hydrogens is 208 g/mol. The fraction of sp³-hybridized carbons (Fsp3) is 0.333. The highest BCUT2D eigenvalue weighted by molar-refractivity contribution is 5.49. The lowest BCUT2D eigenvalue weighted by Crippen LogP contribution is -2.16. The first-order valence-corrected chi connectivity index (χ1v) is 6.33. The molecule has 2 aromatic rings. The van der Waals surface area contributed by atoms with E-state index in [-0.39, 0.29) is 0 Å². The molecule has 0 radical (unpaired) electrons. The van der Waals surface area contributed by atoms with Gasteiger partial charge in [-0.2, -0.15) is 0 Å². The maximum absolute atomic E-state index is 2.46. The summed E-state index contributed by atoms with van der Waals surface area (Å²) >= 11 is 0. The Bertz CT molecular complexity index is 507. The zero-order valence-corrected chi connectivity index (χ0v) is 10.3. The predicted octanol–water partition coefficient (Wildman–Crippen LogP) is 3.39. The summed E-state index contributed by atoms with van der Waals surface area (Å²) in [6.45, 7) is 4.55. The first-order valence-electron chi connectivity index (χ1n) is 6.33. The zero-order valence-electron chi connectivity index (χ0n) is 10.3. The van der Waals surface area contributed by atoms with Crippen molar-refractivity contribution in [1.82, 2.24) is 4.57 Å². The van der Waals surface area contributed by atoms with Crippen LogP contribution in [0.15, 0.2) is 42.7 Å². The van der Waals surface area contributed by atoms with Crippen molar-refractivity contribution in [3.63, 3.8) is 0 Å².